The smallest absolute Gasteiger partial charge is 0.359 e. The quantitative estimate of drug-likeness (QED) is 0.456. The minimum Gasteiger partial charge on any atom is -0.387 e. The highest BCUT2D eigenvalue weighted by Gasteiger charge is 2.50. The SMILES string of the molecule is [B][C@@H]1O[C@H](C[C@@](C)(CC)OP(=O)(O)C(O)(CC)CC)[C@@H](O)[C@H]1F. The zero-order valence-corrected chi connectivity index (χ0v) is 15.0. The molecule has 0 saturated carbocycles. The minimum absolute atomic E-state index is 0.0210. The van der Waals surface area contributed by atoms with E-state index in [2.05, 4.69) is 0 Å². The van der Waals surface area contributed by atoms with E-state index >= 15 is 0 Å². The lowest BCUT2D eigenvalue weighted by Crippen LogP contribution is -2.40. The number of aliphatic hydroxyl groups is 2. The standard InChI is InChI=1S/C14H27BFO6P/c1-5-13(4,8-9-11(17)10(16)12(15)21-9)22-23(19,20)14(18,6-2)7-3/h9-12,17-18H,5-8H2,1-4H3,(H,19,20)/t9-,10-,11-,12-,13-/m1/s1. The summed E-state index contributed by atoms with van der Waals surface area (Å²) in [6, 6.07) is -1.24. The van der Waals surface area contributed by atoms with Crippen molar-refractivity contribution in [2.24, 2.45) is 0 Å². The fourth-order valence-electron chi connectivity index (χ4n) is 2.63. The molecule has 1 aliphatic heterocycles. The lowest BCUT2D eigenvalue weighted by atomic mass is 9.90. The summed E-state index contributed by atoms with van der Waals surface area (Å²) in [6.07, 6.45) is -3.69. The first-order valence-electron chi connectivity index (χ1n) is 7.94. The molecule has 134 valence electrons. The van der Waals surface area contributed by atoms with Crippen LogP contribution in [0, 0.1) is 0 Å². The van der Waals surface area contributed by atoms with Gasteiger partial charge >= 0.3 is 7.60 Å². The highest BCUT2D eigenvalue weighted by Crippen LogP contribution is 2.60. The van der Waals surface area contributed by atoms with Gasteiger partial charge in [0.1, 0.15) is 20.1 Å². The molecule has 1 rings (SSSR count). The molecule has 0 aliphatic carbocycles. The van der Waals surface area contributed by atoms with Crippen LogP contribution in [-0.4, -0.2) is 58.3 Å². The first-order valence-corrected chi connectivity index (χ1v) is 9.52. The van der Waals surface area contributed by atoms with Crippen LogP contribution in [-0.2, 0) is 13.8 Å². The van der Waals surface area contributed by atoms with E-state index in [0.717, 1.165) is 0 Å². The van der Waals surface area contributed by atoms with Gasteiger partial charge < -0.3 is 24.4 Å². The first-order chi connectivity index (χ1) is 10.4. The zero-order valence-electron chi connectivity index (χ0n) is 14.1. The van der Waals surface area contributed by atoms with Gasteiger partial charge in [-0.2, -0.15) is 0 Å². The van der Waals surface area contributed by atoms with Gasteiger partial charge in [-0.25, -0.2) is 4.39 Å². The molecule has 2 radical (unpaired) electrons. The minimum atomic E-state index is -4.37. The number of halogens is 1. The number of hydrogen-bond acceptors (Lipinski definition) is 5. The molecule has 0 spiro atoms. The molecule has 6 atom stereocenters. The number of rotatable bonds is 8. The van der Waals surface area contributed by atoms with Gasteiger partial charge in [-0.3, -0.25) is 4.57 Å². The van der Waals surface area contributed by atoms with Crippen molar-refractivity contribution < 1.29 is 33.3 Å². The predicted octanol–water partition coefficient (Wildman–Crippen LogP) is 1.85. The largest absolute Gasteiger partial charge is 0.387 e. The van der Waals surface area contributed by atoms with E-state index in [-0.39, 0.29) is 19.3 Å². The molecule has 1 heterocycles. The molecule has 0 aromatic rings. The fourth-order valence-corrected chi connectivity index (χ4v) is 4.40. The second-order valence-electron chi connectivity index (χ2n) is 6.38. The lowest BCUT2D eigenvalue weighted by Gasteiger charge is -2.38. The molecule has 0 aromatic heterocycles. The second-order valence-corrected chi connectivity index (χ2v) is 8.44. The molecule has 1 unspecified atom stereocenters. The summed E-state index contributed by atoms with van der Waals surface area (Å²) in [4.78, 5) is 10.2. The fraction of sp³-hybridized carbons (Fsp3) is 1.00. The highest BCUT2D eigenvalue weighted by molar-refractivity contribution is 7.54. The Bertz CT molecular complexity index is 449. The number of hydrogen-bond donors (Lipinski definition) is 3. The molecular weight excluding hydrogens is 325 g/mol. The van der Waals surface area contributed by atoms with Crippen LogP contribution in [0.3, 0.4) is 0 Å². The van der Waals surface area contributed by atoms with Gasteiger partial charge in [-0.15, -0.1) is 0 Å². The second kappa shape index (κ2) is 7.50. The summed E-state index contributed by atoms with van der Waals surface area (Å²) in [7, 11) is 1.05. The average Bonchev–Trinajstić information content (AvgIpc) is 2.72. The van der Waals surface area contributed by atoms with Gasteiger partial charge in [-0.1, -0.05) is 20.8 Å². The summed E-state index contributed by atoms with van der Waals surface area (Å²) in [6.45, 7) is 6.48. The Morgan fingerprint density at radius 2 is 1.83 bits per heavy atom. The topological polar surface area (TPSA) is 96.2 Å². The maximum absolute atomic E-state index is 13.6. The molecule has 1 fully saturated rings. The first kappa shape index (κ1) is 21.1. The van der Waals surface area contributed by atoms with Gasteiger partial charge in [0.15, 0.2) is 5.34 Å². The molecule has 0 bridgehead atoms. The van der Waals surface area contributed by atoms with E-state index in [1.807, 2.05) is 0 Å². The summed E-state index contributed by atoms with van der Waals surface area (Å²) in [5.74, 6) is 0. The Morgan fingerprint density at radius 1 is 1.30 bits per heavy atom. The van der Waals surface area contributed by atoms with Crippen LogP contribution in [0.15, 0.2) is 0 Å². The van der Waals surface area contributed by atoms with Crippen molar-refractivity contribution in [2.75, 3.05) is 0 Å². The monoisotopic (exact) mass is 352 g/mol. The average molecular weight is 352 g/mol. The van der Waals surface area contributed by atoms with Crippen LogP contribution in [0.5, 0.6) is 0 Å². The van der Waals surface area contributed by atoms with E-state index in [0.29, 0.717) is 6.42 Å². The maximum atomic E-state index is 13.6. The van der Waals surface area contributed by atoms with Crippen molar-refractivity contribution in [1.29, 1.82) is 0 Å². The molecule has 1 aliphatic rings. The van der Waals surface area contributed by atoms with E-state index in [1.54, 1.807) is 27.7 Å². The molecule has 23 heavy (non-hydrogen) atoms. The Morgan fingerprint density at radius 3 is 2.17 bits per heavy atom. The van der Waals surface area contributed by atoms with Crippen LogP contribution < -0.4 is 0 Å². The van der Waals surface area contributed by atoms with Crippen molar-refractivity contribution in [1.82, 2.24) is 0 Å². The van der Waals surface area contributed by atoms with Crippen LogP contribution >= 0.6 is 7.60 Å². The van der Waals surface area contributed by atoms with E-state index < -0.39 is 42.9 Å². The maximum Gasteiger partial charge on any atom is 0.359 e. The van der Waals surface area contributed by atoms with Crippen molar-refractivity contribution in [3.8, 4) is 0 Å². The Balaban J connectivity index is 2.92. The molecule has 3 N–H and O–H groups in total. The van der Waals surface area contributed by atoms with Gasteiger partial charge in [0.05, 0.1) is 17.7 Å². The Labute approximate surface area is 138 Å². The van der Waals surface area contributed by atoms with Crippen molar-refractivity contribution in [3.63, 3.8) is 0 Å². The third-order valence-electron chi connectivity index (χ3n) is 4.74. The lowest BCUT2D eigenvalue weighted by molar-refractivity contribution is -0.0450. The summed E-state index contributed by atoms with van der Waals surface area (Å²) < 4.78 is 36.7. The molecule has 9 heteroatoms. The summed E-state index contributed by atoms with van der Waals surface area (Å²) in [5.41, 5.74) is -1.18. The molecular formula is C14H27BFO6P. The van der Waals surface area contributed by atoms with E-state index in [1.165, 1.54) is 0 Å². The number of alkyl halides is 1. The van der Waals surface area contributed by atoms with Crippen molar-refractivity contribution in [2.45, 2.75) is 88.7 Å². The summed E-state index contributed by atoms with van der Waals surface area (Å²) >= 11 is 0. The van der Waals surface area contributed by atoms with Crippen molar-refractivity contribution in [3.05, 3.63) is 0 Å². The van der Waals surface area contributed by atoms with Crippen LogP contribution in [0.25, 0.3) is 0 Å². The molecule has 1 saturated heterocycles. The number of aliphatic hydroxyl groups excluding tert-OH is 1. The van der Waals surface area contributed by atoms with Gasteiger partial charge in [-0.05, 0) is 26.2 Å². The van der Waals surface area contributed by atoms with Gasteiger partial charge in [0.25, 0.3) is 0 Å². The molecule has 6 nitrogen and oxygen atoms in total. The number of ether oxygens (including phenoxy) is 1. The van der Waals surface area contributed by atoms with Gasteiger partial charge in [0.2, 0.25) is 0 Å². The van der Waals surface area contributed by atoms with Gasteiger partial charge in [0, 0.05) is 6.42 Å². The van der Waals surface area contributed by atoms with E-state index in [4.69, 9.17) is 17.1 Å². The molecule has 0 amide bonds. The Kier molecular flexibility index (Phi) is 6.87. The normalized spacial score (nSPS) is 34.1. The molecule has 0 aromatic carbocycles. The highest BCUT2D eigenvalue weighted by atomic mass is 31.2. The third kappa shape index (κ3) is 4.36. The zero-order chi connectivity index (χ0) is 18.1. The van der Waals surface area contributed by atoms with Crippen molar-refractivity contribution >= 4 is 15.4 Å². The van der Waals surface area contributed by atoms with Crippen LogP contribution in [0.2, 0.25) is 0 Å². The van der Waals surface area contributed by atoms with Crippen LogP contribution in [0.4, 0.5) is 4.39 Å². The predicted molar refractivity (Wildman–Crippen MR) is 85.1 cm³/mol. The third-order valence-corrected chi connectivity index (χ3v) is 7.11. The summed E-state index contributed by atoms with van der Waals surface area (Å²) in [5, 5.41) is 18.3. The van der Waals surface area contributed by atoms with E-state index in [9.17, 15) is 24.1 Å². The van der Waals surface area contributed by atoms with Crippen LogP contribution in [0.1, 0.15) is 53.4 Å². The Hall–Kier alpha value is 0.0249.